The fraction of sp³-hybridized carbons (Fsp3) is 0.150. The molecule has 0 radical (unpaired) electrons. The smallest absolute Gasteiger partial charge is 0.270 e. The SMILES string of the molecule is COc1ccc(CNC(=O)c2ccnc(Nc3ccccc3)n2)cc1OC. The van der Waals surface area contributed by atoms with Gasteiger partial charge in [0, 0.05) is 18.4 Å². The van der Waals surface area contributed by atoms with Gasteiger partial charge in [0.25, 0.3) is 5.91 Å². The maximum absolute atomic E-state index is 12.4. The van der Waals surface area contributed by atoms with Crippen LogP contribution in [0.15, 0.2) is 60.8 Å². The van der Waals surface area contributed by atoms with Crippen LogP contribution in [0.1, 0.15) is 16.1 Å². The van der Waals surface area contributed by atoms with Crippen molar-refractivity contribution >= 4 is 17.5 Å². The topological polar surface area (TPSA) is 85.4 Å². The first-order valence-electron chi connectivity index (χ1n) is 8.34. The number of methoxy groups -OCH3 is 2. The van der Waals surface area contributed by atoms with Crippen LogP contribution in [0.3, 0.4) is 0 Å². The summed E-state index contributed by atoms with van der Waals surface area (Å²) in [6, 6.07) is 16.6. The van der Waals surface area contributed by atoms with E-state index >= 15 is 0 Å². The summed E-state index contributed by atoms with van der Waals surface area (Å²) in [4.78, 5) is 20.8. The molecule has 0 atom stereocenters. The largest absolute Gasteiger partial charge is 0.493 e. The number of benzene rings is 2. The van der Waals surface area contributed by atoms with Gasteiger partial charge in [-0.1, -0.05) is 24.3 Å². The molecule has 0 unspecified atom stereocenters. The van der Waals surface area contributed by atoms with Crippen molar-refractivity contribution in [2.45, 2.75) is 6.54 Å². The molecule has 7 heteroatoms. The van der Waals surface area contributed by atoms with Crippen molar-refractivity contribution in [3.63, 3.8) is 0 Å². The van der Waals surface area contributed by atoms with Gasteiger partial charge in [0.15, 0.2) is 11.5 Å². The van der Waals surface area contributed by atoms with Crippen LogP contribution in [-0.4, -0.2) is 30.1 Å². The van der Waals surface area contributed by atoms with E-state index in [2.05, 4.69) is 20.6 Å². The maximum atomic E-state index is 12.4. The van der Waals surface area contributed by atoms with Crippen LogP contribution in [-0.2, 0) is 6.54 Å². The zero-order valence-corrected chi connectivity index (χ0v) is 15.1. The first kappa shape index (κ1) is 18.2. The van der Waals surface area contributed by atoms with Crippen LogP contribution in [0.25, 0.3) is 0 Å². The molecule has 3 aromatic rings. The average molecular weight is 364 g/mol. The fourth-order valence-electron chi connectivity index (χ4n) is 2.46. The minimum Gasteiger partial charge on any atom is -0.493 e. The second-order valence-electron chi connectivity index (χ2n) is 5.63. The third kappa shape index (κ3) is 4.72. The zero-order valence-electron chi connectivity index (χ0n) is 15.1. The van der Waals surface area contributed by atoms with Crippen LogP contribution in [0.4, 0.5) is 11.6 Å². The molecule has 27 heavy (non-hydrogen) atoms. The molecule has 0 saturated carbocycles. The van der Waals surface area contributed by atoms with Crippen LogP contribution in [0.2, 0.25) is 0 Å². The minimum absolute atomic E-state index is 0.281. The van der Waals surface area contributed by atoms with E-state index in [4.69, 9.17) is 9.47 Å². The highest BCUT2D eigenvalue weighted by Gasteiger charge is 2.10. The molecule has 7 nitrogen and oxygen atoms in total. The third-order valence-electron chi connectivity index (χ3n) is 3.82. The van der Waals surface area contributed by atoms with Crippen molar-refractivity contribution in [1.29, 1.82) is 0 Å². The summed E-state index contributed by atoms with van der Waals surface area (Å²) in [5.41, 5.74) is 2.02. The number of hydrogen-bond donors (Lipinski definition) is 2. The lowest BCUT2D eigenvalue weighted by Crippen LogP contribution is -2.24. The third-order valence-corrected chi connectivity index (χ3v) is 3.82. The quantitative estimate of drug-likeness (QED) is 0.670. The van der Waals surface area contributed by atoms with Gasteiger partial charge < -0.3 is 20.1 Å². The van der Waals surface area contributed by atoms with Gasteiger partial charge in [-0.3, -0.25) is 4.79 Å². The van der Waals surface area contributed by atoms with Gasteiger partial charge in [-0.15, -0.1) is 0 Å². The summed E-state index contributed by atoms with van der Waals surface area (Å²) in [7, 11) is 3.15. The predicted molar refractivity (Wildman–Crippen MR) is 102 cm³/mol. The van der Waals surface area contributed by atoms with Gasteiger partial charge in [-0.05, 0) is 35.9 Å². The van der Waals surface area contributed by atoms with Crippen LogP contribution in [0.5, 0.6) is 11.5 Å². The molecular formula is C20H20N4O3. The summed E-state index contributed by atoms with van der Waals surface area (Å²) < 4.78 is 10.5. The Bertz CT molecular complexity index is 916. The second kappa shape index (κ2) is 8.66. The number of anilines is 2. The van der Waals surface area contributed by atoms with E-state index in [0.29, 0.717) is 24.0 Å². The molecule has 1 amide bonds. The van der Waals surface area contributed by atoms with E-state index in [9.17, 15) is 4.79 Å². The van der Waals surface area contributed by atoms with E-state index in [-0.39, 0.29) is 11.6 Å². The highest BCUT2D eigenvalue weighted by molar-refractivity contribution is 5.92. The molecule has 0 aliphatic heterocycles. The number of carbonyl (C=O) groups is 1. The molecule has 0 fully saturated rings. The van der Waals surface area contributed by atoms with E-state index < -0.39 is 0 Å². The molecule has 1 aromatic heterocycles. The average Bonchev–Trinajstić information content (AvgIpc) is 2.72. The molecule has 0 saturated heterocycles. The molecular weight excluding hydrogens is 344 g/mol. The number of hydrogen-bond acceptors (Lipinski definition) is 6. The van der Waals surface area contributed by atoms with Crippen molar-refractivity contribution in [2.75, 3.05) is 19.5 Å². The first-order chi connectivity index (χ1) is 13.2. The monoisotopic (exact) mass is 364 g/mol. The highest BCUT2D eigenvalue weighted by atomic mass is 16.5. The van der Waals surface area contributed by atoms with Gasteiger partial charge >= 0.3 is 0 Å². The Morgan fingerprint density at radius 3 is 2.52 bits per heavy atom. The highest BCUT2D eigenvalue weighted by Crippen LogP contribution is 2.27. The molecule has 0 aliphatic carbocycles. The fourth-order valence-corrected chi connectivity index (χ4v) is 2.46. The standard InChI is InChI=1S/C20H20N4O3/c1-26-17-9-8-14(12-18(17)27-2)13-22-19(25)16-10-11-21-20(24-16)23-15-6-4-3-5-7-15/h3-12H,13H2,1-2H3,(H,22,25)(H,21,23,24). The number of amides is 1. The second-order valence-corrected chi connectivity index (χ2v) is 5.63. The molecule has 0 spiro atoms. The lowest BCUT2D eigenvalue weighted by molar-refractivity contribution is 0.0946. The van der Waals surface area contributed by atoms with Gasteiger partial charge in [-0.2, -0.15) is 0 Å². The van der Waals surface area contributed by atoms with Crippen molar-refractivity contribution in [2.24, 2.45) is 0 Å². The Labute approximate surface area is 157 Å². The normalized spacial score (nSPS) is 10.1. The predicted octanol–water partition coefficient (Wildman–Crippen LogP) is 3.17. The van der Waals surface area contributed by atoms with E-state index in [1.165, 1.54) is 0 Å². The molecule has 138 valence electrons. The van der Waals surface area contributed by atoms with Crippen molar-refractivity contribution in [3.05, 3.63) is 72.1 Å². The Morgan fingerprint density at radius 2 is 1.78 bits per heavy atom. The van der Waals surface area contributed by atoms with Gasteiger partial charge in [0.2, 0.25) is 5.95 Å². The Kier molecular flexibility index (Phi) is 5.84. The molecule has 0 bridgehead atoms. The maximum Gasteiger partial charge on any atom is 0.270 e. The van der Waals surface area contributed by atoms with Crippen LogP contribution < -0.4 is 20.1 Å². The van der Waals surface area contributed by atoms with Crippen molar-refractivity contribution < 1.29 is 14.3 Å². The minimum atomic E-state index is -0.289. The number of nitrogens with zero attached hydrogens (tertiary/aromatic N) is 2. The Hall–Kier alpha value is -3.61. The summed E-state index contributed by atoms with van der Waals surface area (Å²) >= 11 is 0. The lowest BCUT2D eigenvalue weighted by atomic mass is 10.2. The van der Waals surface area contributed by atoms with E-state index in [1.807, 2.05) is 42.5 Å². The summed E-state index contributed by atoms with van der Waals surface area (Å²) in [6.07, 6.45) is 1.55. The summed E-state index contributed by atoms with van der Waals surface area (Å²) in [6.45, 7) is 0.338. The Morgan fingerprint density at radius 1 is 1.00 bits per heavy atom. The van der Waals surface area contributed by atoms with E-state index in [1.54, 1.807) is 32.5 Å². The molecule has 0 aliphatic rings. The van der Waals surface area contributed by atoms with Gasteiger partial charge in [0.05, 0.1) is 14.2 Å². The van der Waals surface area contributed by atoms with Crippen molar-refractivity contribution in [3.8, 4) is 11.5 Å². The molecule has 1 heterocycles. The molecule has 2 N–H and O–H groups in total. The van der Waals surface area contributed by atoms with Gasteiger partial charge in [-0.25, -0.2) is 9.97 Å². The number of carbonyl (C=O) groups excluding carboxylic acids is 1. The number of nitrogens with one attached hydrogen (secondary N) is 2. The van der Waals surface area contributed by atoms with Crippen LogP contribution in [0, 0.1) is 0 Å². The first-order valence-corrected chi connectivity index (χ1v) is 8.34. The zero-order chi connectivity index (χ0) is 19.1. The summed E-state index contributed by atoms with van der Waals surface area (Å²) in [5.74, 6) is 1.32. The molecule has 2 aromatic carbocycles. The van der Waals surface area contributed by atoms with Crippen LogP contribution >= 0.6 is 0 Å². The van der Waals surface area contributed by atoms with E-state index in [0.717, 1.165) is 11.3 Å². The van der Waals surface area contributed by atoms with Gasteiger partial charge in [0.1, 0.15) is 5.69 Å². The number of aromatic nitrogens is 2. The molecule has 3 rings (SSSR count). The number of ether oxygens (including phenoxy) is 2. The summed E-state index contributed by atoms with van der Waals surface area (Å²) in [5, 5.41) is 5.91. The number of rotatable bonds is 7. The van der Waals surface area contributed by atoms with Crippen molar-refractivity contribution in [1.82, 2.24) is 15.3 Å². The lowest BCUT2D eigenvalue weighted by Gasteiger charge is -2.10. The number of para-hydroxylation sites is 1. The Balaban J connectivity index is 1.65.